The van der Waals surface area contributed by atoms with Gasteiger partial charge in [-0.3, -0.25) is 4.99 Å². The normalized spacial score (nSPS) is 17.8. The summed E-state index contributed by atoms with van der Waals surface area (Å²) in [5, 5.41) is 10.4. The molecule has 92 valence electrons. The number of hydrogen-bond donors (Lipinski definition) is 1. The van der Waals surface area contributed by atoms with Crippen LogP contribution in [0.4, 0.5) is 0 Å². The predicted molar refractivity (Wildman–Crippen MR) is 72.2 cm³/mol. The van der Waals surface area contributed by atoms with Crippen LogP contribution < -0.4 is 0 Å². The largest absolute Gasteiger partial charge is 0.507 e. The van der Waals surface area contributed by atoms with Gasteiger partial charge in [0.15, 0.2) is 0 Å². The fraction of sp³-hybridized carbons (Fsp3) is 0.533. The van der Waals surface area contributed by atoms with Gasteiger partial charge in [0.2, 0.25) is 0 Å². The zero-order valence-electron chi connectivity index (χ0n) is 10.7. The van der Waals surface area contributed by atoms with Crippen LogP contribution in [0, 0.1) is 6.92 Å². The summed E-state index contributed by atoms with van der Waals surface area (Å²) >= 11 is 0. The summed E-state index contributed by atoms with van der Waals surface area (Å²) in [7, 11) is 1.74. The molecule has 0 aromatic heterocycles. The second-order valence-electron chi connectivity index (χ2n) is 4.96. The standard InChI is InChI=1S/C15H21NO/c1-11-8-9-13(12-6-4-3-5-7-12)15(17)14(11)10-16-2/h8-10,12,17H,3-7H2,1-2H3. The zero-order chi connectivity index (χ0) is 12.3. The van der Waals surface area contributed by atoms with Gasteiger partial charge in [0.05, 0.1) is 0 Å². The molecule has 0 heterocycles. The summed E-state index contributed by atoms with van der Waals surface area (Å²) in [6, 6.07) is 4.19. The van der Waals surface area contributed by atoms with E-state index in [0.717, 1.165) is 16.7 Å². The van der Waals surface area contributed by atoms with Gasteiger partial charge in [0, 0.05) is 18.8 Å². The van der Waals surface area contributed by atoms with E-state index in [4.69, 9.17) is 0 Å². The van der Waals surface area contributed by atoms with Gasteiger partial charge in [-0.2, -0.15) is 0 Å². The number of aryl methyl sites for hydroxylation is 1. The van der Waals surface area contributed by atoms with Gasteiger partial charge < -0.3 is 5.11 Å². The zero-order valence-corrected chi connectivity index (χ0v) is 10.7. The summed E-state index contributed by atoms with van der Waals surface area (Å²) in [6.45, 7) is 2.02. The van der Waals surface area contributed by atoms with Gasteiger partial charge in [0.1, 0.15) is 5.75 Å². The van der Waals surface area contributed by atoms with E-state index in [2.05, 4.69) is 17.1 Å². The Kier molecular flexibility index (Phi) is 3.82. The fourth-order valence-electron chi connectivity index (χ4n) is 2.76. The number of aliphatic imine (C=N–C) groups is 1. The van der Waals surface area contributed by atoms with Crippen molar-refractivity contribution in [3.8, 4) is 5.75 Å². The molecule has 2 rings (SSSR count). The fourth-order valence-corrected chi connectivity index (χ4v) is 2.76. The van der Waals surface area contributed by atoms with Gasteiger partial charge in [-0.15, -0.1) is 0 Å². The van der Waals surface area contributed by atoms with Crippen molar-refractivity contribution in [1.29, 1.82) is 0 Å². The highest BCUT2D eigenvalue weighted by molar-refractivity contribution is 5.86. The van der Waals surface area contributed by atoms with Crippen LogP contribution >= 0.6 is 0 Å². The first-order valence-electron chi connectivity index (χ1n) is 6.48. The SMILES string of the molecule is CN=Cc1c(C)ccc(C2CCCCC2)c1O. The Morgan fingerprint density at radius 1 is 1.24 bits per heavy atom. The number of nitrogens with zero attached hydrogens (tertiary/aromatic N) is 1. The lowest BCUT2D eigenvalue weighted by atomic mass is 9.82. The molecule has 2 heteroatoms. The quantitative estimate of drug-likeness (QED) is 0.771. The molecule has 0 atom stereocenters. The van der Waals surface area contributed by atoms with Crippen LogP contribution in [0.3, 0.4) is 0 Å². The second-order valence-corrected chi connectivity index (χ2v) is 4.96. The van der Waals surface area contributed by atoms with Crippen LogP contribution in [0.1, 0.15) is 54.7 Å². The maximum absolute atomic E-state index is 10.4. The van der Waals surface area contributed by atoms with Crippen molar-refractivity contribution >= 4 is 6.21 Å². The minimum Gasteiger partial charge on any atom is -0.507 e. The van der Waals surface area contributed by atoms with Gasteiger partial charge >= 0.3 is 0 Å². The van der Waals surface area contributed by atoms with Gasteiger partial charge in [-0.25, -0.2) is 0 Å². The number of rotatable bonds is 2. The van der Waals surface area contributed by atoms with Crippen molar-refractivity contribution in [2.24, 2.45) is 4.99 Å². The number of aromatic hydroxyl groups is 1. The molecule has 2 nitrogen and oxygen atoms in total. The number of phenols is 1. The molecule has 0 saturated heterocycles. The van der Waals surface area contributed by atoms with Crippen LogP contribution in [-0.4, -0.2) is 18.4 Å². The van der Waals surface area contributed by atoms with Crippen LogP contribution in [0.2, 0.25) is 0 Å². The van der Waals surface area contributed by atoms with Crippen LogP contribution in [0.25, 0.3) is 0 Å². The molecule has 0 radical (unpaired) electrons. The number of benzene rings is 1. The number of phenolic OH excluding ortho intramolecular Hbond substituents is 1. The smallest absolute Gasteiger partial charge is 0.128 e. The van der Waals surface area contributed by atoms with Gasteiger partial charge in [0.25, 0.3) is 0 Å². The predicted octanol–water partition coefficient (Wildman–Crippen LogP) is 3.80. The molecule has 17 heavy (non-hydrogen) atoms. The monoisotopic (exact) mass is 231 g/mol. The summed E-state index contributed by atoms with van der Waals surface area (Å²) in [4.78, 5) is 4.03. The first kappa shape index (κ1) is 12.2. The van der Waals surface area contributed by atoms with Crippen molar-refractivity contribution in [2.45, 2.75) is 44.9 Å². The third kappa shape index (κ3) is 2.51. The molecule has 1 aliphatic rings. The van der Waals surface area contributed by atoms with E-state index in [9.17, 15) is 5.11 Å². The van der Waals surface area contributed by atoms with Crippen molar-refractivity contribution in [3.05, 3.63) is 28.8 Å². The first-order chi connectivity index (χ1) is 8.24. The minimum atomic E-state index is 0.447. The molecule has 1 saturated carbocycles. The molecule has 0 aliphatic heterocycles. The highest BCUT2D eigenvalue weighted by atomic mass is 16.3. The molecule has 1 N–H and O–H groups in total. The first-order valence-corrected chi connectivity index (χ1v) is 6.48. The molecule has 0 spiro atoms. The maximum atomic E-state index is 10.4. The van der Waals surface area contributed by atoms with E-state index in [1.807, 2.05) is 6.92 Å². The summed E-state index contributed by atoms with van der Waals surface area (Å²) in [5.41, 5.74) is 3.09. The minimum absolute atomic E-state index is 0.447. The molecule has 0 bridgehead atoms. The van der Waals surface area contributed by atoms with Gasteiger partial charge in [-0.1, -0.05) is 31.4 Å². The van der Waals surface area contributed by atoms with Crippen LogP contribution in [0.5, 0.6) is 5.75 Å². The third-order valence-corrected chi connectivity index (χ3v) is 3.77. The third-order valence-electron chi connectivity index (χ3n) is 3.77. The van der Waals surface area contributed by atoms with E-state index in [1.54, 1.807) is 13.3 Å². The molecule has 1 aromatic carbocycles. The van der Waals surface area contributed by atoms with E-state index in [0.29, 0.717) is 11.7 Å². The van der Waals surface area contributed by atoms with Crippen molar-refractivity contribution in [1.82, 2.24) is 0 Å². The summed E-state index contributed by atoms with van der Waals surface area (Å²) < 4.78 is 0. The van der Waals surface area contributed by atoms with E-state index < -0.39 is 0 Å². The van der Waals surface area contributed by atoms with E-state index in [1.165, 1.54) is 32.1 Å². The molecule has 1 aromatic rings. The lowest BCUT2D eigenvalue weighted by Gasteiger charge is -2.23. The molecule has 0 amide bonds. The maximum Gasteiger partial charge on any atom is 0.128 e. The second kappa shape index (κ2) is 5.35. The Morgan fingerprint density at radius 3 is 2.59 bits per heavy atom. The van der Waals surface area contributed by atoms with Crippen LogP contribution in [0.15, 0.2) is 17.1 Å². The van der Waals surface area contributed by atoms with E-state index in [-0.39, 0.29) is 0 Å². The Bertz CT molecular complexity index is 417. The molecular formula is C15H21NO. The van der Waals surface area contributed by atoms with Crippen molar-refractivity contribution in [3.63, 3.8) is 0 Å². The van der Waals surface area contributed by atoms with Crippen LogP contribution in [-0.2, 0) is 0 Å². The summed E-state index contributed by atoms with van der Waals surface area (Å²) in [6.07, 6.45) is 8.09. The topological polar surface area (TPSA) is 32.6 Å². The molecule has 0 unspecified atom stereocenters. The Morgan fingerprint density at radius 2 is 1.94 bits per heavy atom. The number of hydrogen-bond acceptors (Lipinski definition) is 2. The lowest BCUT2D eigenvalue weighted by Crippen LogP contribution is -2.06. The lowest BCUT2D eigenvalue weighted by molar-refractivity contribution is 0.414. The van der Waals surface area contributed by atoms with Crippen molar-refractivity contribution in [2.75, 3.05) is 7.05 Å². The highest BCUT2D eigenvalue weighted by Crippen LogP contribution is 2.38. The molecule has 1 fully saturated rings. The van der Waals surface area contributed by atoms with E-state index >= 15 is 0 Å². The average molecular weight is 231 g/mol. The Hall–Kier alpha value is -1.31. The Labute approximate surface area is 103 Å². The average Bonchev–Trinajstić information content (AvgIpc) is 2.36. The Balaban J connectivity index is 2.37. The van der Waals surface area contributed by atoms with Gasteiger partial charge in [-0.05, 0) is 36.8 Å². The highest BCUT2D eigenvalue weighted by Gasteiger charge is 2.20. The summed E-state index contributed by atoms with van der Waals surface area (Å²) in [5.74, 6) is 0.982. The molecular weight excluding hydrogens is 210 g/mol. The van der Waals surface area contributed by atoms with Crippen molar-refractivity contribution < 1.29 is 5.11 Å². The molecule has 1 aliphatic carbocycles.